The highest BCUT2D eigenvalue weighted by atomic mass is 19.1. The number of halogens is 1. The number of nitrogens with two attached hydrogens (primary N) is 2. The predicted molar refractivity (Wildman–Crippen MR) is 96.7 cm³/mol. The molecule has 4 rings (SSSR count). The van der Waals surface area contributed by atoms with Crippen LogP contribution < -0.4 is 27.5 Å². The first-order valence-corrected chi connectivity index (χ1v) is 8.75. The van der Waals surface area contributed by atoms with Crippen LogP contribution >= 0.6 is 0 Å². The molecule has 26 heavy (non-hydrogen) atoms. The van der Waals surface area contributed by atoms with Crippen LogP contribution in [0.25, 0.3) is 10.9 Å². The molecule has 1 saturated heterocycles. The van der Waals surface area contributed by atoms with E-state index >= 15 is 4.39 Å². The van der Waals surface area contributed by atoms with Crippen LogP contribution in [0.15, 0.2) is 15.7 Å². The summed E-state index contributed by atoms with van der Waals surface area (Å²) in [6, 6.07) is 1.05. The standard InChI is InChI=1S/C17H23FN5O3/c1-9-14-12(16(24)22(20)17(25)21(14)11-3-4-11)7-13(18)15(9)23(26-2)6-5-10(19)8-23/h7,10-11H,3-6,8,19-20H2,1-2H3/q+1. The smallest absolute Gasteiger partial charge is 0.332 e. The molecular formula is C17H23FN5O3+. The highest BCUT2D eigenvalue weighted by Crippen LogP contribution is 2.41. The van der Waals surface area contributed by atoms with Crippen molar-refractivity contribution in [2.24, 2.45) is 5.73 Å². The molecule has 0 radical (unpaired) electrons. The van der Waals surface area contributed by atoms with Crippen molar-refractivity contribution in [1.82, 2.24) is 13.9 Å². The van der Waals surface area contributed by atoms with E-state index in [1.165, 1.54) is 17.7 Å². The summed E-state index contributed by atoms with van der Waals surface area (Å²) in [5.41, 5.74) is 6.07. The van der Waals surface area contributed by atoms with Crippen molar-refractivity contribution in [3.05, 3.63) is 38.3 Å². The van der Waals surface area contributed by atoms with Gasteiger partial charge < -0.3 is 11.6 Å². The summed E-state index contributed by atoms with van der Waals surface area (Å²) < 4.78 is 17.2. The minimum absolute atomic E-state index is 0.0192. The van der Waals surface area contributed by atoms with Gasteiger partial charge in [-0.3, -0.25) is 9.36 Å². The van der Waals surface area contributed by atoms with Gasteiger partial charge >= 0.3 is 5.69 Å². The molecule has 0 bridgehead atoms. The fraction of sp³-hybridized carbons (Fsp3) is 0.529. The number of hydroxylamine groups is 2. The summed E-state index contributed by atoms with van der Waals surface area (Å²) in [6.45, 7) is 2.69. The monoisotopic (exact) mass is 364 g/mol. The largest absolute Gasteiger partial charge is 0.350 e. The summed E-state index contributed by atoms with van der Waals surface area (Å²) >= 11 is 0. The van der Waals surface area contributed by atoms with Crippen LogP contribution in [-0.4, -0.2) is 35.5 Å². The van der Waals surface area contributed by atoms with Crippen molar-refractivity contribution in [2.75, 3.05) is 26.0 Å². The van der Waals surface area contributed by atoms with Crippen LogP contribution in [0.4, 0.5) is 10.1 Å². The molecule has 1 aliphatic heterocycles. The Labute approximate surface area is 148 Å². The second-order valence-electron chi connectivity index (χ2n) is 7.31. The third-order valence-electron chi connectivity index (χ3n) is 5.62. The summed E-state index contributed by atoms with van der Waals surface area (Å²) in [4.78, 5) is 30.8. The number of nitrogen functional groups attached to an aromatic ring is 1. The second-order valence-corrected chi connectivity index (χ2v) is 7.31. The molecule has 2 aliphatic rings. The molecule has 8 nitrogen and oxygen atoms in total. The summed E-state index contributed by atoms with van der Waals surface area (Å²) in [5, 5.41) is 0.107. The Morgan fingerprint density at radius 3 is 2.54 bits per heavy atom. The minimum Gasteiger partial charge on any atom is -0.332 e. The first-order chi connectivity index (χ1) is 12.3. The maximum absolute atomic E-state index is 15.1. The average Bonchev–Trinajstić information content (AvgIpc) is 3.37. The van der Waals surface area contributed by atoms with E-state index in [0.717, 1.165) is 12.8 Å². The molecule has 2 fully saturated rings. The van der Waals surface area contributed by atoms with Crippen LogP contribution in [0.2, 0.25) is 0 Å². The zero-order chi connectivity index (χ0) is 18.8. The molecule has 9 heteroatoms. The summed E-state index contributed by atoms with van der Waals surface area (Å²) in [7, 11) is 1.52. The van der Waals surface area contributed by atoms with Gasteiger partial charge in [-0.15, -0.1) is 4.65 Å². The van der Waals surface area contributed by atoms with E-state index < -0.39 is 17.1 Å². The number of quaternary nitrogens is 1. The molecule has 1 aliphatic carbocycles. The van der Waals surface area contributed by atoms with Crippen LogP contribution in [-0.2, 0) is 4.84 Å². The number of aryl methyl sites for hydroxylation is 1. The lowest BCUT2D eigenvalue weighted by atomic mass is 10.1. The van der Waals surface area contributed by atoms with E-state index in [0.29, 0.717) is 41.0 Å². The maximum atomic E-state index is 15.1. The Balaban J connectivity index is 2.12. The Morgan fingerprint density at radius 2 is 2.00 bits per heavy atom. The molecule has 0 amide bonds. The molecule has 1 aromatic heterocycles. The van der Waals surface area contributed by atoms with E-state index in [1.54, 1.807) is 6.92 Å². The topological polar surface area (TPSA) is 105 Å². The number of benzene rings is 1. The van der Waals surface area contributed by atoms with Gasteiger partial charge in [0.15, 0.2) is 5.82 Å². The molecule has 2 unspecified atom stereocenters. The van der Waals surface area contributed by atoms with E-state index in [9.17, 15) is 9.59 Å². The van der Waals surface area contributed by atoms with E-state index in [-0.39, 0.29) is 22.1 Å². The number of aromatic nitrogens is 2. The quantitative estimate of drug-likeness (QED) is 0.600. The third kappa shape index (κ3) is 2.24. The Bertz CT molecular complexity index is 1030. The number of nitrogens with zero attached hydrogens (tertiary/aromatic N) is 3. The van der Waals surface area contributed by atoms with Crippen LogP contribution in [0.3, 0.4) is 0 Å². The fourth-order valence-corrected chi connectivity index (χ4v) is 4.23. The van der Waals surface area contributed by atoms with Gasteiger partial charge in [0.25, 0.3) is 5.56 Å². The zero-order valence-electron chi connectivity index (χ0n) is 14.9. The molecule has 2 aromatic rings. The number of hydrogen-bond donors (Lipinski definition) is 2. The molecule has 2 heterocycles. The molecule has 1 aromatic carbocycles. The van der Waals surface area contributed by atoms with Gasteiger partial charge in [0.1, 0.15) is 13.1 Å². The van der Waals surface area contributed by atoms with Gasteiger partial charge in [0, 0.05) is 18.0 Å². The van der Waals surface area contributed by atoms with E-state index in [1.807, 2.05) is 0 Å². The molecule has 140 valence electrons. The van der Waals surface area contributed by atoms with Crippen molar-refractivity contribution >= 4 is 16.6 Å². The zero-order valence-corrected chi connectivity index (χ0v) is 14.9. The third-order valence-corrected chi connectivity index (χ3v) is 5.62. The van der Waals surface area contributed by atoms with Crippen LogP contribution in [0.5, 0.6) is 0 Å². The second kappa shape index (κ2) is 5.63. The highest BCUT2D eigenvalue weighted by Gasteiger charge is 2.45. The number of fused-ring (bicyclic) bond motifs is 1. The van der Waals surface area contributed by atoms with Gasteiger partial charge in [0.2, 0.25) is 5.69 Å². The van der Waals surface area contributed by atoms with E-state index in [2.05, 4.69) is 0 Å². The van der Waals surface area contributed by atoms with Gasteiger partial charge in [-0.1, -0.05) is 0 Å². The fourth-order valence-electron chi connectivity index (χ4n) is 4.23. The van der Waals surface area contributed by atoms with Crippen molar-refractivity contribution in [2.45, 2.75) is 38.3 Å². The van der Waals surface area contributed by atoms with Gasteiger partial charge in [-0.05, 0) is 25.8 Å². The first kappa shape index (κ1) is 17.2. The minimum atomic E-state index is -0.697. The van der Waals surface area contributed by atoms with Crippen molar-refractivity contribution in [3.63, 3.8) is 0 Å². The average molecular weight is 364 g/mol. The van der Waals surface area contributed by atoms with Gasteiger partial charge in [0.05, 0.1) is 24.1 Å². The molecular weight excluding hydrogens is 341 g/mol. The Hall–Kier alpha value is -2.23. The van der Waals surface area contributed by atoms with Crippen molar-refractivity contribution in [3.8, 4) is 0 Å². The Morgan fingerprint density at radius 1 is 1.31 bits per heavy atom. The number of rotatable bonds is 3. The van der Waals surface area contributed by atoms with Crippen LogP contribution in [0, 0.1) is 12.7 Å². The molecule has 1 saturated carbocycles. The van der Waals surface area contributed by atoms with E-state index in [4.69, 9.17) is 16.4 Å². The molecule has 2 atom stereocenters. The van der Waals surface area contributed by atoms with Crippen molar-refractivity contribution in [1.29, 1.82) is 0 Å². The van der Waals surface area contributed by atoms with Gasteiger partial charge in [-0.2, -0.15) is 4.68 Å². The van der Waals surface area contributed by atoms with Gasteiger partial charge in [-0.25, -0.2) is 14.0 Å². The van der Waals surface area contributed by atoms with Crippen molar-refractivity contribution < 1.29 is 9.23 Å². The summed E-state index contributed by atoms with van der Waals surface area (Å²) in [6.07, 6.45) is 2.35. The molecule has 4 N–H and O–H groups in total. The normalized spacial score (nSPS) is 25.9. The SMILES string of the molecule is CO[N+]1(c2c(F)cc3c(=O)n(N)c(=O)n(C4CC4)c3c2C)CCC(N)C1. The lowest BCUT2D eigenvalue weighted by molar-refractivity contribution is -0.104. The number of hydrogen-bond acceptors (Lipinski definition) is 5. The maximum Gasteiger partial charge on any atom is 0.350 e. The lowest BCUT2D eigenvalue weighted by Gasteiger charge is -2.31. The lowest BCUT2D eigenvalue weighted by Crippen LogP contribution is -2.49. The molecule has 0 spiro atoms. The summed E-state index contributed by atoms with van der Waals surface area (Å²) in [5.74, 6) is 5.10. The Kier molecular flexibility index (Phi) is 3.73. The predicted octanol–water partition coefficient (Wildman–Crippen LogP) is 0.259. The highest BCUT2D eigenvalue weighted by molar-refractivity contribution is 5.86. The first-order valence-electron chi connectivity index (χ1n) is 8.75. The van der Waals surface area contributed by atoms with Crippen LogP contribution in [0.1, 0.15) is 30.9 Å².